The van der Waals surface area contributed by atoms with Crippen LogP contribution in [0, 0.1) is 6.92 Å². The molecule has 0 amide bonds. The van der Waals surface area contributed by atoms with Gasteiger partial charge in [-0.1, -0.05) is 12.2 Å². The first kappa shape index (κ1) is 13.6. The van der Waals surface area contributed by atoms with Gasteiger partial charge in [-0.2, -0.15) is 0 Å². The summed E-state index contributed by atoms with van der Waals surface area (Å²) in [6, 6.07) is 4.30. The van der Waals surface area contributed by atoms with Crippen molar-refractivity contribution in [2.24, 2.45) is 0 Å². The maximum absolute atomic E-state index is 3.41. The molecule has 0 bridgehead atoms. The Morgan fingerprint density at radius 2 is 1.68 bits per heavy atom. The van der Waals surface area contributed by atoms with Gasteiger partial charge in [0.15, 0.2) is 12.4 Å². The van der Waals surface area contributed by atoms with Crippen molar-refractivity contribution in [2.75, 3.05) is 6.54 Å². The van der Waals surface area contributed by atoms with E-state index in [2.05, 4.69) is 73.5 Å². The number of rotatable bonds is 5. The summed E-state index contributed by atoms with van der Waals surface area (Å²) in [5.41, 5.74) is 5.34. The zero-order chi connectivity index (χ0) is 13.7. The van der Waals surface area contributed by atoms with E-state index in [-0.39, 0.29) is 0 Å². The lowest BCUT2D eigenvalue weighted by Gasteiger charge is -2.05. The van der Waals surface area contributed by atoms with Gasteiger partial charge in [-0.25, -0.2) is 4.57 Å². The highest BCUT2D eigenvalue weighted by atomic mass is 14.9. The molecule has 2 rings (SSSR count). The van der Waals surface area contributed by atoms with Crippen molar-refractivity contribution in [3.05, 3.63) is 65.2 Å². The fourth-order valence-corrected chi connectivity index (χ4v) is 2.19. The highest BCUT2D eigenvalue weighted by molar-refractivity contribution is 5.52. The lowest BCUT2D eigenvalue weighted by molar-refractivity contribution is -0.697. The molecule has 0 aromatic carbocycles. The van der Waals surface area contributed by atoms with Gasteiger partial charge in [-0.05, 0) is 43.1 Å². The fraction of sp³-hybridized carbons (Fsp3) is 0.353. The van der Waals surface area contributed by atoms with E-state index >= 15 is 0 Å². The number of pyridine rings is 1. The minimum atomic E-state index is 1.00. The van der Waals surface area contributed by atoms with Crippen LogP contribution in [0.25, 0.3) is 0 Å². The van der Waals surface area contributed by atoms with Gasteiger partial charge >= 0.3 is 0 Å². The molecule has 1 heterocycles. The Morgan fingerprint density at radius 1 is 1.05 bits per heavy atom. The zero-order valence-corrected chi connectivity index (χ0v) is 12.1. The van der Waals surface area contributed by atoms with Crippen LogP contribution >= 0.6 is 0 Å². The van der Waals surface area contributed by atoms with Crippen LogP contribution in [0.4, 0.5) is 0 Å². The Kier molecular flexibility index (Phi) is 4.56. The Labute approximate surface area is 116 Å². The Bertz CT molecular complexity index is 499. The van der Waals surface area contributed by atoms with Gasteiger partial charge in [0.2, 0.25) is 0 Å². The van der Waals surface area contributed by atoms with Crippen LogP contribution < -0.4 is 9.88 Å². The van der Waals surface area contributed by atoms with Gasteiger partial charge in [0.25, 0.3) is 0 Å². The van der Waals surface area contributed by atoms with E-state index in [4.69, 9.17) is 0 Å². The topological polar surface area (TPSA) is 15.9 Å². The summed E-state index contributed by atoms with van der Waals surface area (Å²) in [5.74, 6) is 0. The summed E-state index contributed by atoms with van der Waals surface area (Å²) >= 11 is 0. The van der Waals surface area contributed by atoms with Crippen molar-refractivity contribution in [1.29, 1.82) is 0 Å². The van der Waals surface area contributed by atoms with Crippen molar-refractivity contribution < 1.29 is 4.57 Å². The summed E-state index contributed by atoms with van der Waals surface area (Å²) < 4.78 is 2.23. The van der Waals surface area contributed by atoms with E-state index in [0.29, 0.717) is 0 Å². The second kappa shape index (κ2) is 6.37. The minimum absolute atomic E-state index is 1.00. The first-order valence-corrected chi connectivity index (χ1v) is 6.92. The molecule has 1 N–H and O–H groups in total. The van der Waals surface area contributed by atoms with Crippen molar-refractivity contribution >= 4 is 0 Å². The molecule has 1 aliphatic rings. The molecule has 0 saturated carbocycles. The third-order valence-electron chi connectivity index (χ3n) is 3.47. The van der Waals surface area contributed by atoms with Crippen molar-refractivity contribution in [1.82, 2.24) is 5.32 Å². The predicted octanol–water partition coefficient (Wildman–Crippen LogP) is 3.05. The lowest BCUT2D eigenvalue weighted by atomic mass is 10.1. The van der Waals surface area contributed by atoms with Crippen LogP contribution in [0.2, 0.25) is 0 Å². The highest BCUT2D eigenvalue weighted by Gasteiger charge is 2.06. The monoisotopic (exact) mass is 255 g/mol. The molecule has 1 aliphatic carbocycles. The van der Waals surface area contributed by atoms with Crippen LogP contribution in [-0.2, 0) is 6.54 Å². The van der Waals surface area contributed by atoms with Gasteiger partial charge in [-0.15, -0.1) is 0 Å². The van der Waals surface area contributed by atoms with Crippen LogP contribution in [0.5, 0.6) is 0 Å². The molecule has 0 atom stereocenters. The zero-order valence-electron chi connectivity index (χ0n) is 12.1. The molecule has 0 unspecified atom stereocenters. The molecule has 1 aromatic heterocycles. The van der Waals surface area contributed by atoms with Crippen LogP contribution in [-0.4, -0.2) is 6.54 Å². The Balaban J connectivity index is 1.73. The molecule has 0 saturated heterocycles. The molecule has 2 nitrogen and oxygen atoms in total. The molecule has 2 heteroatoms. The molecule has 1 aromatic rings. The van der Waals surface area contributed by atoms with Gasteiger partial charge in [0, 0.05) is 31.3 Å². The SMILES string of the molecule is CC1=CC=C(C)C1=CNCCC[n+]1ccc(C)cc1. The average molecular weight is 255 g/mol. The number of nitrogens with zero attached hydrogens (tertiary/aromatic N) is 1. The van der Waals surface area contributed by atoms with Crippen LogP contribution in [0.1, 0.15) is 25.8 Å². The van der Waals surface area contributed by atoms with Gasteiger partial charge < -0.3 is 5.32 Å². The molecular formula is C17H23N2+. The number of aryl methyl sites for hydroxylation is 2. The van der Waals surface area contributed by atoms with E-state index in [1.165, 1.54) is 22.3 Å². The van der Waals surface area contributed by atoms with E-state index in [0.717, 1.165) is 19.5 Å². The van der Waals surface area contributed by atoms with Gasteiger partial charge in [0.1, 0.15) is 6.54 Å². The van der Waals surface area contributed by atoms with E-state index in [1.54, 1.807) is 0 Å². The van der Waals surface area contributed by atoms with E-state index in [1.807, 2.05) is 0 Å². The number of aromatic nitrogens is 1. The fourth-order valence-electron chi connectivity index (χ4n) is 2.19. The first-order valence-electron chi connectivity index (χ1n) is 6.92. The maximum atomic E-state index is 3.41. The number of hydrogen-bond acceptors (Lipinski definition) is 1. The van der Waals surface area contributed by atoms with E-state index in [9.17, 15) is 0 Å². The number of hydrogen-bond donors (Lipinski definition) is 1. The van der Waals surface area contributed by atoms with Crippen LogP contribution in [0.15, 0.2) is 59.6 Å². The molecule has 0 fully saturated rings. The molecular weight excluding hydrogens is 232 g/mol. The first-order chi connectivity index (χ1) is 9.16. The second-order valence-electron chi connectivity index (χ2n) is 5.18. The predicted molar refractivity (Wildman–Crippen MR) is 79.6 cm³/mol. The smallest absolute Gasteiger partial charge is 0.169 e. The van der Waals surface area contributed by atoms with Gasteiger partial charge in [-0.3, -0.25) is 0 Å². The number of allylic oxidation sites excluding steroid dienone is 5. The Hall–Kier alpha value is -1.83. The highest BCUT2D eigenvalue weighted by Crippen LogP contribution is 2.23. The quantitative estimate of drug-likeness (QED) is 0.631. The molecule has 19 heavy (non-hydrogen) atoms. The molecule has 0 aliphatic heterocycles. The second-order valence-corrected chi connectivity index (χ2v) is 5.18. The summed E-state index contributed by atoms with van der Waals surface area (Å²) in [6.45, 7) is 8.49. The minimum Gasteiger partial charge on any atom is -0.390 e. The van der Waals surface area contributed by atoms with Crippen molar-refractivity contribution in [3.8, 4) is 0 Å². The lowest BCUT2D eigenvalue weighted by Crippen LogP contribution is -2.33. The standard InChI is InChI=1S/C17H23N2/c1-14-7-11-19(12-8-14)10-4-9-18-13-17-15(2)5-6-16(17)3/h5-8,11-13,18H,4,9-10H2,1-3H3/q+1. The average Bonchev–Trinajstić information content (AvgIpc) is 2.72. The molecule has 100 valence electrons. The van der Waals surface area contributed by atoms with Crippen molar-refractivity contribution in [2.45, 2.75) is 33.7 Å². The maximum Gasteiger partial charge on any atom is 0.169 e. The molecule has 0 radical (unpaired) electrons. The Morgan fingerprint density at radius 3 is 2.32 bits per heavy atom. The summed E-state index contributed by atoms with van der Waals surface area (Å²) in [4.78, 5) is 0. The van der Waals surface area contributed by atoms with Crippen molar-refractivity contribution in [3.63, 3.8) is 0 Å². The number of nitrogens with one attached hydrogen (secondary N) is 1. The third kappa shape index (κ3) is 3.82. The molecule has 0 spiro atoms. The summed E-state index contributed by atoms with van der Waals surface area (Å²) in [5, 5.41) is 3.41. The normalized spacial score (nSPS) is 14.2. The summed E-state index contributed by atoms with van der Waals surface area (Å²) in [6.07, 6.45) is 11.9. The van der Waals surface area contributed by atoms with E-state index < -0.39 is 0 Å². The van der Waals surface area contributed by atoms with Gasteiger partial charge in [0.05, 0.1) is 0 Å². The van der Waals surface area contributed by atoms with Crippen LogP contribution in [0.3, 0.4) is 0 Å². The summed E-state index contributed by atoms with van der Waals surface area (Å²) in [7, 11) is 0. The largest absolute Gasteiger partial charge is 0.390 e. The third-order valence-corrected chi connectivity index (χ3v) is 3.47.